The third-order valence-corrected chi connectivity index (χ3v) is 2.59. The van der Waals surface area contributed by atoms with Crippen LogP contribution in [0.25, 0.3) is 0 Å². The number of primary amides is 1. The van der Waals surface area contributed by atoms with Crippen molar-refractivity contribution in [1.82, 2.24) is 5.32 Å². The van der Waals surface area contributed by atoms with Crippen molar-refractivity contribution in [1.29, 1.82) is 0 Å². The summed E-state index contributed by atoms with van der Waals surface area (Å²) in [6.45, 7) is 0.0192. The molecule has 7 heteroatoms. The van der Waals surface area contributed by atoms with Gasteiger partial charge in [0, 0.05) is 23.7 Å². The molecule has 1 amide bonds. The van der Waals surface area contributed by atoms with Gasteiger partial charge in [-0.15, -0.1) is 0 Å². The normalized spacial score (nSPS) is 11.6. The molecule has 3 N–H and O–H groups in total. The lowest BCUT2D eigenvalue weighted by Crippen LogP contribution is -2.21. The van der Waals surface area contributed by atoms with Gasteiger partial charge in [-0.1, -0.05) is 17.7 Å². The summed E-state index contributed by atoms with van der Waals surface area (Å²) in [6.07, 6.45) is -5.07. The van der Waals surface area contributed by atoms with E-state index in [1.165, 1.54) is 12.1 Å². The van der Waals surface area contributed by atoms with Gasteiger partial charge in [-0.2, -0.15) is 13.2 Å². The number of benzene rings is 1. The zero-order valence-electron chi connectivity index (χ0n) is 9.35. The SMILES string of the molecule is NC(=O)c1ccc(CNCCC(F)(F)F)c(Cl)c1. The van der Waals surface area contributed by atoms with E-state index < -0.39 is 18.5 Å². The molecular weight excluding hydrogens is 269 g/mol. The highest BCUT2D eigenvalue weighted by Gasteiger charge is 2.25. The van der Waals surface area contributed by atoms with Gasteiger partial charge in [0.25, 0.3) is 0 Å². The second-order valence-corrected chi connectivity index (χ2v) is 4.12. The third-order valence-electron chi connectivity index (χ3n) is 2.24. The zero-order chi connectivity index (χ0) is 13.8. The fourth-order valence-corrected chi connectivity index (χ4v) is 1.54. The van der Waals surface area contributed by atoms with Crippen LogP contribution < -0.4 is 11.1 Å². The molecule has 0 aromatic heterocycles. The number of amides is 1. The minimum Gasteiger partial charge on any atom is -0.366 e. The number of halogens is 4. The molecule has 0 fully saturated rings. The molecule has 1 rings (SSSR count). The minimum atomic E-state index is -4.17. The van der Waals surface area contributed by atoms with Crippen molar-refractivity contribution in [2.45, 2.75) is 19.1 Å². The summed E-state index contributed by atoms with van der Waals surface area (Å²) in [7, 11) is 0. The number of nitrogens with one attached hydrogen (secondary N) is 1. The largest absolute Gasteiger partial charge is 0.390 e. The minimum absolute atomic E-state index is 0.183. The van der Waals surface area contributed by atoms with Crippen molar-refractivity contribution < 1.29 is 18.0 Å². The summed E-state index contributed by atoms with van der Waals surface area (Å²) in [5.41, 5.74) is 5.94. The molecule has 0 bridgehead atoms. The lowest BCUT2D eigenvalue weighted by Gasteiger charge is -2.09. The number of carbonyl (C=O) groups excluding carboxylic acids is 1. The Kier molecular flexibility index (Phi) is 4.98. The second-order valence-electron chi connectivity index (χ2n) is 3.71. The smallest absolute Gasteiger partial charge is 0.366 e. The highest BCUT2D eigenvalue weighted by atomic mass is 35.5. The third kappa shape index (κ3) is 4.93. The van der Waals surface area contributed by atoms with E-state index >= 15 is 0 Å². The number of hydrogen-bond donors (Lipinski definition) is 2. The van der Waals surface area contributed by atoms with E-state index in [0.717, 1.165) is 0 Å². The molecular formula is C11H12ClF3N2O. The van der Waals surface area contributed by atoms with Crippen LogP contribution in [0.1, 0.15) is 22.3 Å². The second kappa shape index (κ2) is 6.06. The Labute approximate surface area is 107 Å². The van der Waals surface area contributed by atoms with Crippen molar-refractivity contribution in [2.75, 3.05) is 6.54 Å². The average molecular weight is 281 g/mol. The first-order valence-corrected chi connectivity index (χ1v) is 5.53. The maximum atomic E-state index is 11.9. The fourth-order valence-electron chi connectivity index (χ4n) is 1.30. The quantitative estimate of drug-likeness (QED) is 0.814. The maximum Gasteiger partial charge on any atom is 0.390 e. The predicted octanol–water partition coefficient (Wildman–Crippen LogP) is 2.48. The Hall–Kier alpha value is -1.27. The van der Waals surface area contributed by atoms with Gasteiger partial charge in [0.05, 0.1) is 6.42 Å². The van der Waals surface area contributed by atoms with Crippen LogP contribution in [0.3, 0.4) is 0 Å². The molecule has 100 valence electrons. The van der Waals surface area contributed by atoms with Gasteiger partial charge in [-0.3, -0.25) is 4.79 Å². The number of nitrogens with two attached hydrogens (primary N) is 1. The first-order valence-electron chi connectivity index (χ1n) is 5.15. The van der Waals surface area contributed by atoms with Gasteiger partial charge in [-0.25, -0.2) is 0 Å². The van der Waals surface area contributed by atoms with Crippen LogP contribution in [-0.4, -0.2) is 18.6 Å². The van der Waals surface area contributed by atoms with Crippen molar-refractivity contribution in [3.63, 3.8) is 0 Å². The summed E-state index contributed by atoms with van der Waals surface area (Å²) in [6, 6.07) is 4.43. The van der Waals surface area contributed by atoms with Crippen LogP contribution in [0.2, 0.25) is 5.02 Å². The lowest BCUT2D eigenvalue weighted by atomic mass is 10.1. The number of rotatable bonds is 5. The van der Waals surface area contributed by atoms with E-state index in [-0.39, 0.29) is 18.7 Å². The van der Waals surface area contributed by atoms with E-state index in [2.05, 4.69) is 5.32 Å². The van der Waals surface area contributed by atoms with Crippen molar-refractivity contribution in [3.8, 4) is 0 Å². The first-order chi connectivity index (χ1) is 8.29. The molecule has 0 aliphatic carbocycles. The lowest BCUT2D eigenvalue weighted by molar-refractivity contribution is -0.133. The standard InChI is InChI=1S/C11H12ClF3N2O/c12-9-5-7(10(16)18)1-2-8(9)6-17-4-3-11(13,14)15/h1-2,5,17H,3-4,6H2,(H2,16,18). The van der Waals surface area contributed by atoms with E-state index in [1.54, 1.807) is 6.07 Å². The van der Waals surface area contributed by atoms with Crippen LogP contribution >= 0.6 is 11.6 Å². The van der Waals surface area contributed by atoms with E-state index in [1.807, 2.05) is 0 Å². The van der Waals surface area contributed by atoms with Gasteiger partial charge >= 0.3 is 6.18 Å². The fraction of sp³-hybridized carbons (Fsp3) is 0.364. The molecule has 0 radical (unpaired) electrons. The van der Waals surface area contributed by atoms with Gasteiger partial charge in [-0.05, 0) is 17.7 Å². The molecule has 0 heterocycles. The summed E-state index contributed by atoms with van der Waals surface area (Å²) in [5.74, 6) is -0.603. The van der Waals surface area contributed by atoms with Gasteiger partial charge in [0.1, 0.15) is 0 Å². The van der Waals surface area contributed by atoms with Crippen LogP contribution in [0.4, 0.5) is 13.2 Å². The van der Waals surface area contributed by atoms with Gasteiger partial charge in [0.2, 0.25) is 5.91 Å². The molecule has 0 unspecified atom stereocenters. The molecule has 3 nitrogen and oxygen atoms in total. The Morgan fingerprint density at radius 2 is 2.06 bits per heavy atom. The van der Waals surface area contributed by atoms with Gasteiger partial charge in [0.15, 0.2) is 0 Å². The number of hydrogen-bond acceptors (Lipinski definition) is 2. The number of alkyl halides is 3. The molecule has 1 aromatic carbocycles. The van der Waals surface area contributed by atoms with E-state index in [0.29, 0.717) is 10.6 Å². The van der Waals surface area contributed by atoms with Crippen LogP contribution in [0.5, 0.6) is 0 Å². The van der Waals surface area contributed by atoms with E-state index in [4.69, 9.17) is 17.3 Å². The molecule has 0 spiro atoms. The van der Waals surface area contributed by atoms with Gasteiger partial charge < -0.3 is 11.1 Å². The summed E-state index contributed by atoms with van der Waals surface area (Å²) < 4.78 is 35.7. The van der Waals surface area contributed by atoms with Crippen molar-refractivity contribution in [2.24, 2.45) is 5.73 Å². The van der Waals surface area contributed by atoms with Crippen LogP contribution in [0, 0.1) is 0 Å². The predicted molar refractivity (Wildman–Crippen MR) is 62.3 cm³/mol. The maximum absolute atomic E-state index is 11.9. The van der Waals surface area contributed by atoms with Crippen molar-refractivity contribution >= 4 is 17.5 Å². The Morgan fingerprint density at radius 1 is 1.39 bits per heavy atom. The van der Waals surface area contributed by atoms with E-state index in [9.17, 15) is 18.0 Å². The Balaban J connectivity index is 2.51. The molecule has 0 aliphatic heterocycles. The molecule has 0 atom stereocenters. The Morgan fingerprint density at radius 3 is 2.56 bits per heavy atom. The first kappa shape index (κ1) is 14.8. The monoisotopic (exact) mass is 280 g/mol. The topological polar surface area (TPSA) is 55.1 Å². The molecule has 0 saturated heterocycles. The zero-order valence-corrected chi connectivity index (χ0v) is 10.1. The average Bonchev–Trinajstić information content (AvgIpc) is 2.24. The summed E-state index contributed by atoms with van der Waals surface area (Å²) in [4.78, 5) is 10.9. The Bertz CT molecular complexity index is 435. The molecule has 1 aromatic rings. The van der Waals surface area contributed by atoms with Crippen molar-refractivity contribution in [3.05, 3.63) is 34.3 Å². The molecule has 0 aliphatic rings. The molecule has 18 heavy (non-hydrogen) atoms. The highest BCUT2D eigenvalue weighted by molar-refractivity contribution is 6.31. The molecule has 0 saturated carbocycles. The van der Waals surface area contributed by atoms with Crippen LogP contribution in [-0.2, 0) is 6.54 Å². The van der Waals surface area contributed by atoms with Crippen LogP contribution in [0.15, 0.2) is 18.2 Å². The highest BCUT2D eigenvalue weighted by Crippen LogP contribution is 2.19. The summed E-state index contributed by atoms with van der Waals surface area (Å²) >= 11 is 5.87. The summed E-state index contributed by atoms with van der Waals surface area (Å²) in [5, 5.41) is 2.92. The number of carbonyl (C=O) groups is 1.